The molecule has 0 aromatic heterocycles. The number of carbonyl (C=O) groups is 5. The Kier molecular flexibility index (Phi) is 7.85. The smallest absolute Gasteiger partial charge is 0.407 e. The van der Waals surface area contributed by atoms with Crippen molar-refractivity contribution < 1.29 is 33.8 Å². The molecule has 2 aliphatic rings. The molecule has 3 N–H and O–H groups in total. The lowest BCUT2D eigenvalue weighted by molar-refractivity contribution is -0.147. The van der Waals surface area contributed by atoms with Gasteiger partial charge in [-0.05, 0) is 33.6 Å². The van der Waals surface area contributed by atoms with E-state index in [0.717, 1.165) is 12.8 Å². The molecule has 0 bridgehead atoms. The minimum atomic E-state index is -1.19. The first-order valence-electron chi connectivity index (χ1n) is 10.5. The Labute approximate surface area is 181 Å². The summed E-state index contributed by atoms with van der Waals surface area (Å²) >= 11 is 0. The number of rotatable bonds is 6. The van der Waals surface area contributed by atoms with Crippen molar-refractivity contribution in [3.63, 3.8) is 0 Å². The third-order valence-electron chi connectivity index (χ3n) is 5.24. The van der Waals surface area contributed by atoms with Crippen molar-refractivity contribution in [3.8, 4) is 0 Å². The fourth-order valence-corrected chi connectivity index (χ4v) is 3.84. The molecule has 1 saturated heterocycles. The zero-order valence-corrected chi connectivity index (χ0v) is 18.5. The Balaban J connectivity index is 2.15. The van der Waals surface area contributed by atoms with Gasteiger partial charge in [-0.25, -0.2) is 9.59 Å². The van der Waals surface area contributed by atoms with Crippen molar-refractivity contribution in [1.29, 1.82) is 0 Å². The third kappa shape index (κ3) is 7.11. The maximum atomic E-state index is 13.1. The summed E-state index contributed by atoms with van der Waals surface area (Å²) in [4.78, 5) is 62.9. The fourth-order valence-electron chi connectivity index (χ4n) is 3.84. The van der Waals surface area contributed by atoms with E-state index in [1.807, 2.05) is 0 Å². The molecule has 3 atom stereocenters. The van der Waals surface area contributed by atoms with Gasteiger partial charge in [-0.2, -0.15) is 0 Å². The van der Waals surface area contributed by atoms with Gasteiger partial charge in [0.05, 0.1) is 18.0 Å². The van der Waals surface area contributed by atoms with Gasteiger partial charge in [0.15, 0.2) is 0 Å². The second kappa shape index (κ2) is 9.97. The predicted octanol–water partition coefficient (Wildman–Crippen LogP) is 0.923. The summed E-state index contributed by atoms with van der Waals surface area (Å²) in [6.45, 7) is 6.01. The van der Waals surface area contributed by atoms with Gasteiger partial charge in [0.2, 0.25) is 11.8 Å². The van der Waals surface area contributed by atoms with Gasteiger partial charge in [0.25, 0.3) is 0 Å². The largest absolute Gasteiger partial charge is 0.480 e. The highest BCUT2D eigenvalue weighted by Crippen LogP contribution is 2.24. The molecule has 5 amide bonds. The molecule has 0 aromatic carbocycles. The molecule has 11 nitrogen and oxygen atoms in total. The number of carboxylic acid groups (broad SMARTS) is 1. The molecule has 0 aromatic rings. The molecular weight excluding hydrogens is 408 g/mol. The van der Waals surface area contributed by atoms with E-state index in [-0.39, 0.29) is 13.1 Å². The first kappa shape index (κ1) is 24.4. The van der Waals surface area contributed by atoms with Crippen molar-refractivity contribution in [1.82, 2.24) is 20.4 Å². The lowest BCUT2D eigenvalue weighted by Gasteiger charge is -2.40. The van der Waals surface area contributed by atoms with E-state index in [1.54, 1.807) is 27.7 Å². The van der Waals surface area contributed by atoms with Crippen LogP contribution in [0.5, 0.6) is 0 Å². The van der Waals surface area contributed by atoms with Crippen LogP contribution in [0.2, 0.25) is 0 Å². The van der Waals surface area contributed by atoms with Crippen LogP contribution in [0.15, 0.2) is 0 Å². The first-order valence-corrected chi connectivity index (χ1v) is 10.5. The Morgan fingerprint density at radius 3 is 2.48 bits per heavy atom. The minimum Gasteiger partial charge on any atom is -0.480 e. The van der Waals surface area contributed by atoms with Crippen LogP contribution in [0.4, 0.5) is 9.59 Å². The van der Waals surface area contributed by atoms with Crippen molar-refractivity contribution in [2.24, 2.45) is 5.92 Å². The molecule has 1 aliphatic carbocycles. The second-order valence-corrected chi connectivity index (χ2v) is 9.10. The summed E-state index contributed by atoms with van der Waals surface area (Å²) in [6.07, 6.45) is 2.05. The van der Waals surface area contributed by atoms with Crippen molar-refractivity contribution in [2.75, 3.05) is 19.6 Å². The van der Waals surface area contributed by atoms with Crippen LogP contribution in [-0.4, -0.2) is 82.1 Å². The van der Waals surface area contributed by atoms with E-state index in [2.05, 4.69) is 10.6 Å². The molecule has 1 heterocycles. The molecule has 0 spiro atoms. The lowest BCUT2D eigenvalue weighted by atomic mass is 9.89. The van der Waals surface area contributed by atoms with Crippen LogP contribution in [0.25, 0.3) is 0 Å². The topological polar surface area (TPSA) is 145 Å². The van der Waals surface area contributed by atoms with Gasteiger partial charge in [-0.3, -0.25) is 19.7 Å². The van der Waals surface area contributed by atoms with Crippen LogP contribution < -0.4 is 10.6 Å². The molecular formula is C20H32N4O7. The van der Waals surface area contributed by atoms with Gasteiger partial charge in [0.1, 0.15) is 18.7 Å². The molecule has 11 heteroatoms. The Bertz CT molecular complexity index is 734. The van der Waals surface area contributed by atoms with E-state index in [9.17, 15) is 29.1 Å². The van der Waals surface area contributed by atoms with Crippen molar-refractivity contribution >= 4 is 29.9 Å². The molecule has 1 aliphatic heterocycles. The lowest BCUT2D eigenvalue weighted by Crippen LogP contribution is -2.60. The SMILES string of the molecule is CC1CN(CC(=O)N(CC(=O)O)[C@H]2CCCC[C@H]2NC(=O)OC(C)(C)C)C(=O)NC1=O. The normalized spacial score (nSPS) is 24.3. The first-order chi connectivity index (χ1) is 14.4. The molecule has 0 radical (unpaired) electrons. The summed E-state index contributed by atoms with van der Waals surface area (Å²) in [5.74, 6) is -2.64. The third-order valence-corrected chi connectivity index (χ3v) is 5.24. The van der Waals surface area contributed by atoms with Gasteiger partial charge >= 0.3 is 18.1 Å². The average Bonchev–Trinajstić information content (AvgIpc) is 2.63. The second-order valence-electron chi connectivity index (χ2n) is 9.10. The van der Waals surface area contributed by atoms with Crippen LogP contribution >= 0.6 is 0 Å². The van der Waals surface area contributed by atoms with Gasteiger partial charge in [-0.1, -0.05) is 19.8 Å². The summed E-state index contributed by atoms with van der Waals surface area (Å²) < 4.78 is 5.30. The number of hydrogen-bond donors (Lipinski definition) is 3. The van der Waals surface area contributed by atoms with E-state index >= 15 is 0 Å². The molecule has 1 saturated carbocycles. The Morgan fingerprint density at radius 1 is 1.23 bits per heavy atom. The fraction of sp³-hybridized carbons (Fsp3) is 0.750. The Hall–Kier alpha value is -2.85. The number of amides is 5. The Morgan fingerprint density at radius 2 is 1.87 bits per heavy atom. The summed E-state index contributed by atoms with van der Waals surface area (Å²) in [5, 5.41) is 14.3. The molecule has 1 unspecified atom stereocenters. The minimum absolute atomic E-state index is 0.0710. The van der Waals surface area contributed by atoms with E-state index in [4.69, 9.17) is 4.74 Å². The number of nitrogens with one attached hydrogen (secondary N) is 2. The monoisotopic (exact) mass is 440 g/mol. The molecule has 174 valence electrons. The van der Waals surface area contributed by atoms with E-state index in [0.29, 0.717) is 12.8 Å². The molecule has 2 fully saturated rings. The van der Waals surface area contributed by atoms with E-state index in [1.165, 1.54) is 9.80 Å². The highest BCUT2D eigenvalue weighted by atomic mass is 16.6. The quantitative estimate of drug-likeness (QED) is 0.557. The average molecular weight is 440 g/mol. The maximum Gasteiger partial charge on any atom is 0.407 e. The number of imide groups is 1. The zero-order chi connectivity index (χ0) is 23.3. The standard InChI is InChI=1S/C20H32N4O7/c1-12-9-23(18(29)22-17(12)28)10-15(25)24(11-16(26)27)14-8-6-5-7-13(14)21-19(30)31-20(2,3)4/h12-14H,5-11H2,1-4H3,(H,21,30)(H,26,27)(H,22,28,29)/t12?,13-,14+/m1/s1. The predicted molar refractivity (Wildman–Crippen MR) is 109 cm³/mol. The number of carboxylic acids is 1. The number of carbonyl (C=O) groups excluding carboxylic acids is 4. The number of alkyl carbamates (subject to hydrolysis) is 1. The summed E-state index contributed by atoms with van der Waals surface area (Å²) in [7, 11) is 0. The zero-order valence-electron chi connectivity index (χ0n) is 18.5. The van der Waals surface area contributed by atoms with Crippen LogP contribution in [0.1, 0.15) is 53.4 Å². The van der Waals surface area contributed by atoms with E-state index < -0.39 is 60.1 Å². The highest BCUT2D eigenvalue weighted by Gasteiger charge is 2.38. The number of urea groups is 1. The van der Waals surface area contributed by atoms with Crippen LogP contribution in [0, 0.1) is 5.92 Å². The number of aliphatic carboxylic acids is 1. The highest BCUT2D eigenvalue weighted by molar-refractivity contribution is 5.99. The maximum absolute atomic E-state index is 13.1. The van der Waals surface area contributed by atoms with Crippen LogP contribution in [-0.2, 0) is 19.1 Å². The van der Waals surface area contributed by atoms with Gasteiger partial charge in [0, 0.05) is 6.54 Å². The van der Waals surface area contributed by atoms with Gasteiger partial charge in [-0.15, -0.1) is 0 Å². The molecule has 2 rings (SSSR count). The van der Waals surface area contributed by atoms with Crippen LogP contribution in [0.3, 0.4) is 0 Å². The summed E-state index contributed by atoms with van der Waals surface area (Å²) in [6, 6.07) is -1.70. The number of hydrogen-bond acceptors (Lipinski definition) is 6. The van der Waals surface area contributed by atoms with Crippen molar-refractivity contribution in [3.05, 3.63) is 0 Å². The number of nitrogens with zero attached hydrogens (tertiary/aromatic N) is 2. The number of ether oxygens (including phenoxy) is 1. The van der Waals surface area contributed by atoms with Gasteiger partial charge < -0.3 is 25.0 Å². The van der Waals surface area contributed by atoms with Crippen molar-refractivity contribution in [2.45, 2.75) is 71.1 Å². The summed E-state index contributed by atoms with van der Waals surface area (Å²) in [5.41, 5.74) is -0.694. The molecule has 31 heavy (non-hydrogen) atoms.